The molecule has 0 aliphatic rings. The summed E-state index contributed by atoms with van der Waals surface area (Å²) in [5.74, 6) is -0.313. The number of aromatic nitrogens is 2. The number of para-hydroxylation sites is 1. The van der Waals surface area contributed by atoms with E-state index in [9.17, 15) is 9.90 Å². The standard InChI is InChI=1S/C15H10BrClN2O2/c1-8-18-12-4-2-3-10(15(20)21)14(12)19(8)13-7-9(16)5-6-11(13)17/h2-7H,1H3,(H,20,21). The van der Waals surface area contributed by atoms with E-state index in [1.807, 2.05) is 19.1 Å². The lowest BCUT2D eigenvalue weighted by molar-refractivity contribution is 0.0698. The highest BCUT2D eigenvalue weighted by Gasteiger charge is 2.18. The van der Waals surface area contributed by atoms with Crippen molar-refractivity contribution in [1.29, 1.82) is 0 Å². The van der Waals surface area contributed by atoms with Crippen LogP contribution in [0.25, 0.3) is 16.7 Å². The number of benzene rings is 2. The zero-order valence-corrected chi connectivity index (χ0v) is 13.3. The van der Waals surface area contributed by atoms with Gasteiger partial charge >= 0.3 is 5.97 Å². The van der Waals surface area contributed by atoms with Crippen molar-refractivity contribution in [3.8, 4) is 5.69 Å². The minimum atomic E-state index is -0.993. The van der Waals surface area contributed by atoms with Gasteiger partial charge in [-0.25, -0.2) is 9.78 Å². The van der Waals surface area contributed by atoms with E-state index in [0.717, 1.165) is 4.47 Å². The lowest BCUT2D eigenvalue weighted by Gasteiger charge is -2.11. The van der Waals surface area contributed by atoms with E-state index >= 15 is 0 Å². The van der Waals surface area contributed by atoms with Crippen LogP contribution in [0.2, 0.25) is 5.02 Å². The second-order valence-electron chi connectivity index (χ2n) is 4.57. The van der Waals surface area contributed by atoms with Crippen LogP contribution in [0, 0.1) is 6.92 Å². The summed E-state index contributed by atoms with van der Waals surface area (Å²) < 4.78 is 2.63. The van der Waals surface area contributed by atoms with E-state index in [1.165, 1.54) is 0 Å². The Balaban J connectivity index is 2.44. The molecule has 0 spiro atoms. The molecule has 0 aliphatic heterocycles. The molecule has 0 saturated carbocycles. The zero-order chi connectivity index (χ0) is 15.1. The number of carboxylic acid groups (broad SMARTS) is 1. The molecule has 4 nitrogen and oxygen atoms in total. The lowest BCUT2D eigenvalue weighted by Crippen LogP contribution is -2.04. The summed E-state index contributed by atoms with van der Waals surface area (Å²) in [7, 11) is 0. The van der Waals surface area contributed by atoms with Gasteiger partial charge in [0, 0.05) is 4.47 Å². The van der Waals surface area contributed by atoms with Crippen LogP contribution in [-0.2, 0) is 0 Å². The SMILES string of the molecule is Cc1nc2cccc(C(=O)O)c2n1-c1cc(Br)ccc1Cl. The second kappa shape index (κ2) is 5.16. The van der Waals surface area contributed by atoms with Crippen molar-refractivity contribution in [3.05, 3.63) is 57.3 Å². The molecule has 0 saturated heterocycles. The number of hydrogen-bond donors (Lipinski definition) is 1. The van der Waals surface area contributed by atoms with Crippen LogP contribution < -0.4 is 0 Å². The highest BCUT2D eigenvalue weighted by molar-refractivity contribution is 9.10. The molecule has 0 radical (unpaired) electrons. The Kier molecular flexibility index (Phi) is 3.47. The summed E-state index contributed by atoms with van der Waals surface area (Å²) in [6.07, 6.45) is 0. The Morgan fingerprint density at radius 2 is 2.10 bits per heavy atom. The number of rotatable bonds is 2. The fourth-order valence-electron chi connectivity index (χ4n) is 2.37. The molecular formula is C15H10BrClN2O2. The predicted molar refractivity (Wildman–Crippen MR) is 85.5 cm³/mol. The summed E-state index contributed by atoms with van der Waals surface area (Å²) in [6.45, 7) is 1.82. The van der Waals surface area contributed by atoms with Gasteiger partial charge in [0.1, 0.15) is 5.82 Å². The molecule has 2 aromatic carbocycles. The van der Waals surface area contributed by atoms with Crippen molar-refractivity contribution in [2.75, 3.05) is 0 Å². The summed E-state index contributed by atoms with van der Waals surface area (Å²) in [5.41, 5.74) is 2.06. The Labute approximate surface area is 134 Å². The molecule has 0 unspecified atom stereocenters. The molecule has 0 amide bonds. The maximum atomic E-state index is 11.5. The van der Waals surface area contributed by atoms with Crippen molar-refractivity contribution in [3.63, 3.8) is 0 Å². The number of carbonyl (C=O) groups is 1. The fraction of sp³-hybridized carbons (Fsp3) is 0.0667. The Morgan fingerprint density at radius 1 is 1.33 bits per heavy atom. The molecular weight excluding hydrogens is 356 g/mol. The molecule has 0 fully saturated rings. The topological polar surface area (TPSA) is 55.1 Å². The first-order chi connectivity index (χ1) is 9.99. The average molecular weight is 366 g/mol. The van der Waals surface area contributed by atoms with Crippen LogP contribution in [0.4, 0.5) is 0 Å². The van der Waals surface area contributed by atoms with Crippen LogP contribution in [0.15, 0.2) is 40.9 Å². The van der Waals surface area contributed by atoms with Gasteiger partial charge in [-0.2, -0.15) is 0 Å². The van der Waals surface area contributed by atoms with E-state index in [0.29, 0.717) is 27.6 Å². The number of aryl methyl sites for hydroxylation is 1. The van der Waals surface area contributed by atoms with Gasteiger partial charge in [-0.05, 0) is 37.3 Å². The van der Waals surface area contributed by atoms with E-state index in [1.54, 1.807) is 28.8 Å². The second-order valence-corrected chi connectivity index (χ2v) is 5.89. The third kappa shape index (κ3) is 2.32. The first kappa shape index (κ1) is 14.1. The highest BCUT2D eigenvalue weighted by atomic mass is 79.9. The number of aromatic carboxylic acids is 1. The lowest BCUT2D eigenvalue weighted by atomic mass is 10.1. The number of imidazole rings is 1. The molecule has 1 heterocycles. The van der Waals surface area contributed by atoms with Crippen molar-refractivity contribution in [2.24, 2.45) is 0 Å². The first-order valence-electron chi connectivity index (χ1n) is 6.16. The molecule has 21 heavy (non-hydrogen) atoms. The minimum absolute atomic E-state index is 0.198. The van der Waals surface area contributed by atoms with Gasteiger partial charge in [-0.1, -0.05) is 33.6 Å². The summed E-state index contributed by atoms with van der Waals surface area (Å²) >= 11 is 9.68. The van der Waals surface area contributed by atoms with Gasteiger partial charge in [0.25, 0.3) is 0 Å². The molecule has 6 heteroatoms. The van der Waals surface area contributed by atoms with Crippen molar-refractivity contribution in [2.45, 2.75) is 6.92 Å². The largest absolute Gasteiger partial charge is 0.478 e. The number of nitrogens with zero attached hydrogens (tertiary/aromatic N) is 2. The molecule has 0 aliphatic carbocycles. The quantitative estimate of drug-likeness (QED) is 0.730. The first-order valence-corrected chi connectivity index (χ1v) is 7.33. The number of carboxylic acids is 1. The van der Waals surface area contributed by atoms with Gasteiger partial charge in [0.15, 0.2) is 0 Å². The summed E-state index contributed by atoms with van der Waals surface area (Å²) in [6, 6.07) is 10.5. The van der Waals surface area contributed by atoms with Gasteiger partial charge < -0.3 is 5.11 Å². The Morgan fingerprint density at radius 3 is 2.81 bits per heavy atom. The minimum Gasteiger partial charge on any atom is -0.478 e. The van der Waals surface area contributed by atoms with Crippen molar-refractivity contribution >= 4 is 44.5 Å². The van der Waals surface area contributed by atoms with Crippen molar-refractivity contribution < 1.29 is 9.90 Å². The number of halogens is 2. The van der Waals surface area contributed by atoms with Gasteiger partial charge in [0.05, 0.1) is 27.3 Å². The third-order valence-electron chi connectivity index (χ3n) is 3.22. The molecule has 1 N–H and O–H groups in total. The monoisotopic (exact) mass is 364 g/mol. The smallest absolute Gasteiger partial charge is 0.337 e. The van der Waals surface area contributed by atoms with Gasteiger partial charge in [0.2, 0.25) is 0 Å². The Bertz CT molecular complexity index is 873. The Hall–Kier alpha value is -1.85. The van der Waals surface area contributed by atoms with E-state index in [4.69, 9.17) is 11.6 Å². The average Bonchev–Trinajstić information content (AvgIpc) is 2.77. The summed E-state index contributed by atoms with van der Waals surface area (Å²) in [4.78, 5) is 15.9. The summed E-state index contributed by atoms with van der Waals surface area (Å²) in [5, 5.41) is 9.93. The molecule has 3 rings (SSSR count). The molecule has 106 valence electrons. The van der Waals surface area contributed by atoms with Crippen LogP contribution in [0.1, 0.15) is 16.2 Å². The predicted octanol–water partition coefficient (Wildman–Crippen LogP) is 4.45. The van der Waals surface area contributed by atoms with E-state index < -0.39 is 5.97 Å². The van der Waals surface area contributed by atoms with Crippen LogP contribution in [0.3, 0.4) is 0 Å². The number of fused-ring (bicyclic) bond motifs is 1. The molecule has 0 bridgehead atoms. The highest BCUT2D eigenvalue weighted by Crippen LogP contribution is 2.30. The molecule has 3 aromatic rings. The normalized spacial score (nSPS) is 11.0. The molecule has 1 aromatic heterocycles. The van der Waals surface area contributed by atoms with Gasteiger partial charge in [-0.15, -0.1) is 0 Å². The van der Waals surface area contributed by atoms with Crippen LogP contribution in [-0.4, -0.2) is 20.6 Å². The maximum Gasteiger partial charge on any atom is 0.337 e. The van der Waals surface area contributed by atoms with Crippen molar-refractivity contribution in [1.82, 2.24) is 9.55 Å². The maximum absolute atomic E-state index is 11.5. The third-order valence-corrected chi connectivity index (χ3v) is 4.04. The van der Waals surface area contributed by atoms with Gasteiger partial charge in [-0.3, -0.25) is 4.57 Å². The number of hydrogen-bond acceptors (Lipinski definition) is 2. The molecule has 0 atom stereocenters. The van der Waals surface area contributed by atoms with Crippen LogP contribution >= 0.6 is 27.5 Å². The fourth-order valence-corrected chi connectivity index (χ4v) is 2.92. The van der Waals surface area contributed by atoms with E-state index in [2.05, 4.69) is 20.9 Å². The van der Waals surface area contributed by atoms with Crippen LogP contribution in [0.5, 0.6) is 0 Å². The zero-order valence-electron chi connectivity index (χ0n) is 11.0. The van der Waals surface area contributed by atoms with E-state index in [-0.39, 0.29) is 5.56 Å².